The maximum absolute atomic E-state index is 9.50. The van der Waals surface area contributed by atoms with Gasteiger partial charge in [-0.1, -0.05) is 0 Å². The van der Waals surface area contributed by atoms with Gasteiger partial charge in [0.25, 0.3) is 0 Å². The fraction of sp³-hybridized carbons (Fsp3) is 0.333. The van der Waals surface area contributed by atoms with E-state index < -0.39 is 21.9 Å². The number of carbonyl (C=O) groups is 4. The molecule has 0 saturated carbocycles. The number of hydrogen-bond donors (Lipinski definition) is 0. The van der Waals surface area contributed by atoms with Crippen LogP contribution >= 0.6 is 0 Å². The van der Waals surface area contributed by atoms with E-state index in [0.717, 1.165) is 0 Å². The molecular formula is C6H6N2Na2O8. The zero-order valence-corrected chi connectivity index (χ0v) is 13.6. The van der Waals surface area contributed by atoms with Crippen molar-refractivity contribution in [2.24, 2.45) is 0 Å². The number of aldehydes is 4. The van der Waals surface area contributed by atoms with Gasteiger partial charge in [-0.05, 0) is 0 Å². The fourth-order valence-corrected chi connectivity index (χ4v) is 0.263. The minimum absolute atomic E-state index is 0. The van der Waals surface area contributed by atoms with Crippen LogP contribution in [-0.4, -0.2) is 106 Å². The topological polar surface area (TPSA) is 155 Å². The van der Waals surface area contributed by atoms with Gasteiger partial charge in [-0.25, -0.2) is 0 Å². The van der Waals surface area contributed by atoms with E-state index in [9.17, 15) is 39.4 Å². The largest absolute Gasteiger partial charge is 0.321 e. The Hall–Kier alpha value is -0.520. The van der Waals surface area contributed by atoms with E-state index in [2.05, 4.69) is 0 Å². The van der Waals surface area contributed by atoms with Gasteiger partial charge in [-0.2, -0.15) is 0 Å². The number of hydrogen-bond acceptors (Lipinski definition) is 8. The van der Waals surface area contributed by atoms with E-state index in [1.165, 1.54) is 0 Å². The van der Waals surface area contributed by atoms with E-state index in [-0.39, 0.29) is 84.3 Å². The molecule has 0 fully saturated rings. The summed E-state index contributed by atoms with van der Waals surface area (Å²) < 4.78 is 0. The van der Waals surface area contributed by atoms with Crippen LogP contribution in [-0.2, 0) is 19.2 Å². The molecule has 0 heterocycles. The first-order valence-corrected chi connectivity index (χ1v) is 3.52. The van der Waals surface area contributed by atoms with E-state index >= 15 is 0 Å². The van der Waals surface area contributed by atoms with E-state index in [1.807, 2.05) is 0 Å². The normalized spacial score (nSPS) is 7.67. The molecular weight excluding hydrogens is 274 g/mol. The van der Waals surface area contributed by atoms with Crippen molar-refractivity contribution in [2.45, 2.75) is 12.1 Å². The van der Waals surface area contributed by atoms with Crippen LogP contribution in [0.1, 0.15) is 0 Å². The molecule has 10 nitrogen and oxygen atoms in total. The zero-order valence-electron chi connectivity index (χ0n) is 9.62. The molecule has 90 valence electrons. The molecule has 0 aromatic rings. The summed E-state index contributed by atoms with van der Waals surface area (Å²) in [6.07, 6.45) is -0.0833. The van der Waals surface area contributed by atoms with E-state index in [4.69, 9.17) is 0 Å². The predicted molar refractivity (Wildman–Crippen MR) is 57.3 cm³/mol. The number of nitro groups is 2. The molecule has 0 aliphatic heterocycles. The van der Waals surface area contributed by atoms with Gasteiger partial charge in [-0.15, -0.1) is 0 Å². The van der Waals surface area contributed by atoms with Gasteiger partial charge in [-0.3, -0.25) is 39.4 Å². The van der Waals surface area contributed by atoms with Crippen LogP contribution in [0.25, 0.3) is 0 Å². The van der Waals surface area contributed by atoms with E-state index in [1.54, 1.807) is 0 Å². The van der Waals surface area contributed by atoms with Crippen molar-refractivity contribution in [1.82, 2.24) is 0 Å². The summed E-state index contributed by atoms with van der Waals surface area (Å²) in [4.78, 5) is 55.1. The first kappa shape index (κ1) is 26.1. The van der Waals surface area contributed by atoms with Crippen molar-refractivity contribution in [3.8, 4) is 0 Å². The molecule has 0 atom stereocenters. The predicted octanol–water partition coefficient (Wildman–Crippen LogP) is -2.70. The Bertz CT molecular complexity index is 264. The van der Waals surface area contributed by atoms with Crippen molar-refractivity contribution in [3.05, 3.63) is 20.2 Å². The second kappa shape index (κ2) is 16.5. The van der Waals surface area contributed by atoms with Crippen molar-refractivity contribution >= 4 is 84.3 Å². The Morgan fingerprint density at radius 2 is 0.833 bits per heavy atom. The summed E-state index contributed by atoms with van der Waals surface area (Å²) >= 11 is 0. The Morgan fingerprint density at radius 1 is 0.667 bits per heavy atom. The maximum atomic E-state index is 9.50. The molecule has 0 unspecified atom stereocenters. The van der Waals surface area contributed by atoms with Crippen LogP contribution < -0.4 is 0 Å². The van der Waals surface area contributed by atoms with Gasteiger partial charge in [0.2, 0.25) is 25.1 Å². The SMILES string of the molecule is O=CC(C=O)[N+](=O)[O-].O=CC(C=O)[N+](=O)[O-].[Na].[Na]. The molecule has 0 bridgehead atoms. The summed E-state index contributed by atoms with van der Waals surface area (Å²) in [5.74, 6) is 0. The smallest absolute Gasteiger partial charge is 0.295 e. The quantitative estimate of drug-likeness (QED) is 0.167. The molecule has 0 aliphatic carbocycles. The average molecular weight is 280 g/mol. The molecule has 0 amide bonds. The molecule has 12 heteroatoms. The Morgan fingerprint density at radius 3 is 0.833 bits per heavy atom. The van der Waals surface area contributed by atoms with Crippen molar-refractivity contribution < 1.29 is 29.0 Å². The van der Waals surface area contributed by atoms with Gasteiger partial charge in [0, 0.05) is 69.0 Å². The summed E-state index contributed by atoms with van der Waals surface area (Å²) in [5.41, 5.74) is 0. The standard InChI is InChI=1S/2C3H3NO4.2Na/c2*5-1-3(2-6)4(7)8;;/h2*1-3H;;. The van der Waals surface area contributed by atoms with Crippen LogP contribution in [0, 0.1) is 20.2 Å². The summed E-state index contributed by atoms with van der Waals surface area (Å²) in [7, 11) is 0. The molecule has 0 aromatic carbocycles. The zero-order chi connectivity index (χ0) is 13.1. The van der Waals surface area contributed by atoms with Gasteiger partial charge >= 0.3 is 12.1 Å². The molecule has 2 radical (unpaired) electrons. The van der Waals surface area contributed by atoms with Gasteiger partial charge in [0.15, 0.2) is 0 Å². The molecule has 0 aliphatic rings. The first-order chi connectivity index (χ1) is 7.44. The third-order valence-corrected chi connectivity index (χ3v) is 1.04. The summed E-state index contributed by atoms with van der Waals surface area (Å²) in [6.45, 7) is 0. The first-order valence-electron chi connectivity index (χ1n) is 3.52. The minimum Gasteiger partial charge on any atom is -0.295 e. The van der Waals surface area contributed by atoms with Crippen LogP contribution in [0.2, 0.25) is 0 Å². The fourth-order valence-electron chi connectivity index (χ4n) is 0.263. The third-order valence-electron chi connectivity index (χ3n) is 1.04. The second-order valence-electron chi connectivity index (χ2n) is 2.10. The van der Waals surface area contributed by atoms with Crippen molar-refractivity contribution in [3.63, 3.8) is 0 Å². The maximum Gasteiger partial charge on any atom is 0.321 e. The molecule has 0 saturated heterocycles. The van der Waals surface area contributed by atoms with Crippen LogP contribution in [0.5, 0.6) is 0 Å². The number of nitrogens with zero attached hydrogens (tertiary/aromatic N) is 2. The second-order valence-corrected chi connectivity index (χ2v) is 2.10. The Labute approximate surface area is 144 Å². The molecule has 0 spiro atoms. The van der Waals surface area contributed by atoms with E-state index in [0.29, 0.717) is 0 Å². The number of carbonyl (C=O) groups excluding carboxylic acids is 4. The van der Waals surface area contributed by atoms with Gasteiger partial charge < -0.3 is 0 Å². The third kappa shape index (κ3) is 13.5. The van der Waals surface area contributed by atoms with Crippen molar-refractivity contribution in [2.75, 3.05) is 0 Å². The van der Waals surface area contributed by atoms with Crippen LogP contribution in [0.15, 0.2) is 0 Å². The monoisotopic (exact) mass is 280 g/mol. The molecule has 0 aromatic heterocycles. The summed E-state index contributed by atoms with van der Waals surface area (Å²) in [6, 6.07) is -3.37. The Kier molecular flexibility index (Phi) is 23.9. The van der Waals surface area contributed by atoms with Crippen molar-refractivity contribution in [1.29, 1.82) is 0 Å². The molecule has 0 N–H and O–H groups in total. The molecule has 0 rings (SSSR count). The van der Waals surface area contributed by atoms with Gasteiger partial charge in [0.1, 0.15) is 0 Å². The minimum atomic E-state index is -1.69. The van der Waals surface area contributed by atoms with Crippen LogP contribution in [0.4, 0.5) is 0 Å². The van der Waals surface area contributed by atoms with Gasteiger partial charge in [0.05, 0.1) is 0 Å². The number of rotatable bonds is 6. The average Bonchev–Trinajstić information content (AvgIpc) is 2.21. The molecule has 18 heavy (non-hydrogen) atoms. The summed E-state index contributed by atoms with van der Waals surface area (Å²) in [5, 5.41) is 19.0. The Balaban J connectivity index is -0.0000000980. The van der Waals surface area contributed by atoms with Crippen LogP contribution in [0.3, 0.4) is 0 Å².